The molecule has 5 heteroatoms. The standard InChI is InChI=1S/C21H20BrN3O/c1-14(16-10-12-18(22)13-11-16)24-25-21(26)15(2)23-20-9-5-7-17-6-3-4-8-19(17)20/h3-13,15,23H,1-2H3,(H,25,26)/t15-/m1/s1. The average molecular weight is 410 g/mol. The number of carbonyl (C=O) groups is 1. The van der Waals surface area contributed by atoms with Crippen LogP contribution >= 0.6 is 15.9 Å². The van der Waals surface area contributed by atoms with E-state index in [4.69, 9.17) is 0 Å². The number of benzene rings is 3. The first-order valence-electron chi connectivity index (χ1n) is 8.39. The molecular formula is C21H20BrN3O. The fourth-order valence-corrected chi connectivity index (χ4v) is 2.91. The molecule has 1 atom stereocenters. The van der Waals surface area contributed by atoms with E-state index in [0.717, 1.165) is 32.2 Å². The van der Waals surface area contributed by atoms with Crippen molar-refractivity contribution in [3.63, 3.8) is 0 Å². The first-order valence-corrected chi connectivity index (χ1v) is 9.18. The van der Waals surface area contributed by atoms with E-state index >= 15 is 0 Å². The molecule has 132 valence electrons. The maximum atomic E-state index is 12.4. The minimum Gasteiger partial charge on any atom is -0.373 e. The molecule has 2 N–H and O–H groups in total. The molecule has 0 aliphatic carbocycles. The second kappa shape index (κ2) is 8.15. The summed E-state index contributed by atoms with van der Waals surface area (Å²) >= 11 is 3.41. The second-order valence-corrected chi connectivity index (χ2v) is 6.99. The monoisotopic (exact) mass is 409 g/mol. The first kappa shape index (κ1) is 18.1. The molecule has 0 aliphatic rings. The minimum atomic E-state index is -0.415. The second-order valence-electron chi connectivity index (χ2n) is 6.07. The van der Waals surface area contributed by atoms with Gasteiger partial charge in [0.25, 0.3) is 5.91 Å². The van der Waals surface area contributed by atoms with Crippen molar-refractivity contribution in [2.24, 2.45) is 5.10 Å². The van der Waals surface area contributed by atoms with Crippen LogP contribution in [-0.2, 0) is 4.79 Å². The average Bonchev–Trinajstić information content (AvgIpc) is 2.66. The molecule has 0 radical (unpaired) electrons. The van der Waals surface area contributed by atoms with Crippen LogP contribution in [0.2, 0.25) is 0 Å². The molecule has 0 saturated carbocycles. The Hall–Kier alpha value is -2.66. The van der Waals surface area contributed by atoms with E-state index in [0.29, 0.717) is 0 Å². The summed E-state index contributed by atoms with van der Waals surface area (Å²) < 4.78 is 1.01. The van der Waals surface area contributed by atoms with Crippen LogP contribution in [0, 0.1) is 0 Å². The van der Waals surface area contributed by atoms with E-state index in [-0.39, 0.29) is 5.91 Å². The number of fused-ring (bicyclic) bond motifs is 1. The highest BCUT2D eigenvalue weighted by Crippen LogP contribution is 2.23. The summed E-state index contributed by atoms with van der Waals surface area (Å²) in [6, 6.07) is 21.5. The summed E-state index contributed by atoms with van der Waals surface area (Å²) in [5.74, 6) is -0.186. The van der Waals surface area contributed by atoms with Gasteiger partial charge in [0, 0.05) is 15.5 Å². The quantitative estimate of drug-likeness (QED) is 0.462. The molecule has 0 bridgehead atoms. The van der Waals surface area contributed by atoms with Gasteiger partial charge in [0.2, 0.25) is 0 Å². The van der Waals surface area contributed by atoms with Gasteiger partial charge in [-0.1, -0.05) is 64.5 Å². The summed E-state index contributed by atoms with van der Waals surface area (Å²) in [6.07, 6.45) is 0. The highest BCUT2D eigenvalue weighted by atomic mass is 79.9. The molecule has 0 aromatic heterocycles. The van der Waals surface area contributed by atoms with E-state index in [2.05, 4.69) is 43.9 Å². The normalized spacial score (nSPS) is 12.7. The summed E-state index contributed by atoms with van der Waals surface area (Å²) in [6.45, 7) is 3.69. The predicted octanol–water partition coefficient (Wildman–Crippen LogP) is 4.94. The molecule has 3 aromatic rings. The number of amides is 1. The van der Waals surface area contributed by atoms with Crippen LogP contribution in [0.5, 0.6) is 0 Å². The number of rotatable bonds is 5. The molecule has 3 rings (SSSR count). The van der Waals surface area contributed by atoms with E-state index in [1.165, 1.54) is 0 Å². The van der Waals surface area contributed by atoms with Crippen molar-refractivity contribution in [2.75, 3.05) is 5.32 Å². The Kier molecular flexibility index (Phi) is 5.68. The Morgan fingerprint density at radius 2 is 1.69 bits per heavy atom. The number of nitrogens with zero attached hydrogens (tertiary/aromatic N) is 1. The van der Waals surface area contributed by atoms with Gasteiger partial charge >= 0.3 is 0 Å². The number of anilines is 1. The number of hydrazone groups is 1. The molecule has 0 saturated heterocycles. The van der Waals surface area contributed by atoms with Gasteiger partial charge in [-0.05, 0) is 43.0 Å². The van der Waals surface area contributed by atoms with Crippen molar-refractivity contribution in [1.29, 1.82) is 0 Å². The van der Waals surface area contributed by atoms with Crippen LogP contribution in [0.15, 0.2) is 76.3 Å². The molecular weight excluding hydrogens is 390 g/mol. The lowest BCUT2D eigenvalue weighted by atomic mass is 10.1. The Morgan fingerprint density at radius 1 is 1.00 bits per heavy atom. The fourth-order valence-electron chi connectivity index (χ4n) is 2.64. The smallest absolute Gasteiger partial charge is 0.262 e. The molecule has 26 heavy (non-hydrogen) atoms. The van der Waals surface area contributed by atoms with Crippen LogP contribution < -0.4 is 10.7 Å². The van der Waals surface area contributed by atoms with Gasteiger partial charge in [0.15, 0.2) is 0 Å². The maximum Gasteiger partial charge on any atom is 0.262 e. The zero-order chi connectivity index (χ0) is 18.5. The van der Waals surface area contributed by atoms with Crippen LogP contribution in [0.25, 0.3) is 10.8 Å². The Balaban J connectivity index is 1.68. The first-order chi connectivity index (χ1) is 12.5. The van der Waals surface area contributed by atoms with Crippen molar-refractivity contribution >= 4 is 44.0 Å². The van der Waals surface area contributed by atoms with E-state index in [9.17, 15) is 4.79 Å². The third-order valence-electron chi connectivity index (χ3n) is 4.15. The van der Waals surface area contributed by atoms with Gasteiger partial charge in [-0.25, -0.2) is 5.43 Å². The predicted molar refractivity (Wildman–Crippen MR) is 112 cm³/mol. The molecule has 0 unspecified atom stereocenters. The molecule has 4 nitrogen and oxygen atoms in total. The van der Waals surface area contributed by atoms with Gasteiger partial charge in [0.1, 0.15) is 6.04 Å². The molecule has 0 spiro atoms. The van der Waals surface area contributed by atoms with E-state index in [1.54, 1.807) is 0 Å². The lowest BCUT2D eigenvalue weighted by Gasteiger charge is -2.15. The fraction of sp³-hybridized carbons (Fsp3) is 0.143. The van der Waals surface area contributed by atoms with Crippen molar-refractivity contribution in [3.8, 4) is 0 Å². The zero-order valence-electron chi connectivity index (χ0n) is 14.7. The molecule has 1 amide bonds. The highest BCUT2D eigenvalue weighted by molar-refractivity contribution is 9.10. The van der Waals surface area contributed by atoms with E-state index in [1.807, 2.05) is 68.4 Å². The van der Waals surface area contributed by atoms with Crippen molar-refractivity contribution in [1.82, 2.24) is 5.43 Å². The van der Waals surface area contributed by atoms with Crippen LogP contribution in [0.1, 0.15) is 19.4 Å². The Bertz CT molecular complexity index is 946. The Labute approximate surface area is 161 Å². The van der Waals surface area contributed by atoms with Gasteiger partial charge in [-0.2, -0.15) is 5.10 Å². The van der Waals surface area contributed by atoms with Gasteiger partial charge in [0.05, 0.1) is 5.71 Å². The summed E-state index contributed by atoms with van der Waals surface area (Å²) in [7, 11) is 0. The zero-order valence-corrected chi connectivity index (χ0v) is 16.2. The Morgan fingerprint density at radius 3 is 2.46 bits per heavy atom. The lowest BCUT2D eigenvalue weighted by molar-refractivity contribution is -0.121. The number of hydrogen-bond donors (Lipinski definition) is 2. The minimum absolute atomic E-state index is 0.186. The van der Waals surface area contributed by atoms with Crippen LogP contribution in [0.4, 0.5) is 5.69 Å². The van der Waals surface area contributed by atoms with Gasteiger partial charge < -0.3 is 5.32 Å². The molecule has 0 heterocycles. The molecule has 0 fully saturated rings. The maximum absolute atomic E-state index is 12.4. The molecule has 0 aliphatic heterocycles. The third-order valence-corrected chi connectivity index (χ3v) is 4.68. The van der Waals surface area contributed by atoms with Crippen LogP contribution in [0.3, 0.4) is 0 Å². The topological polar surface area (TPSA) is 53.5 Å². The number of carbonyl (C=O) groups excluding carboxylic acids is 1. The van der Waals surface area contributed by atoms with Crippen LogP contribution in [-0.4, -0.2) is 17.7 Å². The number of nitrogens with one attached hydrogen (secondary N) is 2. The summed E-state index contributed by atoms with van der Waals surface area (Å²) in [5.41, 5.74) is 5.28. The number of hydrogen-bond acceptors (Lipinski definition) is 3. The largest absolute Gasteiger partial charge is 0.373 e. The summed E-state index contributed by atoms with van der Waals surface area (Å²) in [4.78, 5) is 12.4. The van der Waals surface area contributed by atoms with Gasteiger partial charge in [-0.15, -0.1) is 0 Å². The van der Waals surface area contributed by atoms with Crippen molar-refractivity contribution in [3.05, 3.63) is 76.8 Å². The third kappa shape index (κ3) is 4.29. The summed E-state index contributed by atoms with van der Waals surface area (Å²) in [5, 5.41) is 9.70. The van der Waals surface area contributed by atoms with Gasteiger partial charge in [-0.3, -0.25) is 4.79 Å². The van der Waals surface area contributed by atoms with E-state index < -0.39 is 6.04 Å². The van der Waals surface area contributed by atoms with Crippen molar-refractivity contribution < 1.29 is 4.79 Å². The molecule has 3 aromatic carbocycles. The highest BCUT2D eigenvalue weighted by Gasteiger charge is 2.13. The lowest BCUT2D eigenvalue weighted by Crippen LogP contribution is -2.35. The van der Waals surface area contributed by atoms with Crippen molar-refractivity contribution in [2.45, 2.75) is 19.9 Å². The SMILES string of the molecule is CC(=NNC(=O)[C@@H](C)Nc1cccc2ccccc12)c1ccc(Br)cc1. The number of halogens is 1.